The highest BCUT2D eigenvalue weighted by Gasteiger charge is 2.18. The van der Waals surface area contributed by atoms with Crippen LogP contribution in [0.3, 0.4) is 0 Å². The normalized spacial score (nSPS) is 13.3. The fourth-order valence-corrected chi connectivity index (χ4v) is 1.99. The smallest absolute Gasteiger partial charge is 0.126 e. The van der Waals surface area contributed by atoms with Crippen molar-refractivity contribution in [1.29, 1.82) is 0 Å². The predicted molar refractivity (Wildman–Crippen MR) is 56.1 cm³/mol. The number of nitrogens with zero attached hydrogens (tertiary/aromatic N) is 2. The van der Waals surface area contributed by atoms with Gasteiger partial charge in [0.25, 0.3) is 0 Å². The molecule has 0 aliphatic heterocycles. The van der Waals surface area contributed by atoms with Crippen LogP contribution in [0.2, 0.25) is 0 Å². The van der Waals surface area contributed by atoms with Crippen LogP contribution in [0.25, 0.3) is 10.2 Å². The summed E-state index contributed by atoms with van der Waals surface area (Å²) in [5, 5.41) is 1.57. The van der Waals surface area contributed by atoms with E-state index in [-0.39, 0.29) is 5.41 Å². The fraction of sp³-hybridized carbons (Fsp3) is 0.400. The van der Waals surface area contributed by atoms with Gasteiger partial charge >= 0.3 is 0 Å². The summed E-state index contributed by atoms with van der Waals surface area (Å²) in [5.41, 5.74) is 1.03. The van der Waals surface area contributed by atoms with Gasteiger partial charge < -0.3 is 0 Å². The maximum atomic E-state index is 7.58. The van der Waals surface area contributed by atoms with Crippen LogP contribution in [0.15, 0.2) is 17.7 Å². The van der Waals surface area contributed by atoms with Gasteiger partial charge in [-0.3, -0.25) is 0 Å². The van der Waals surface area contributed by atoms with E-state index < -0.39 is 0 Å². The average Bonchev–Trinajstić information content (AvgIpc) is 2.41. The maximum absolute atomic E-state index is 7.58. The maximum Gasteiger partial charge on any atom is 0.126 e. The Morgan fingerprint density at radius 2 is 2.15 bits per heavy atom. The van der Waals surface area contributed by atoms with Crippen molar-refractivity contribution < 1.29 is 1.37 Å². The van der Waals surface area contributed by atoms with Gasteiger partial charge in [-0.1, -0.05) is 20.8 Å². The van der Waals surface area contributed by atoms with E-state index in [1.807, 2.05) is 6.07 Å². The molecule has 0 amide bonds. The summed E-state index contributed by atoms with van der Waals surface area (Å²) < 4.78 is 7.58. The van der Waals surface area contributed by atoms with Crippen molar-refractivity contribution in [2.45, 2.75) is 26.2 Å². The van der Waals surface area contributed by atoms with E-state index in [0.29, 0.717) is 5.36 Å². The second kappa shape index (κ2) is 2.77. The third-order valence-corrected chi connectivity index (χ3v) is 2.67. The monoisotopic (exact) mass is 193 g/mol. The Hall–Kier alpha value is -0.960. The van der Waals surface area contributed by atoms with Gasteiger partial charge in [0.2, 0.25) is 0 Å². The van der Waals surface area contributed by atoms with Gasteiger partial charge in [-0.15, -0.1) is 11.3 Å². The lowest BCUT2D eigenvalue weighted by atomic mass is 9.90. The highest BCUT2D eigenvalue weighted by molar-refractivity contribution is 7.16. The van der Waals surface area contributed by atoms with Crippen LogP contribution in [0, 0.1) is 0 Å². The number of hydrogen-bond donors (Lipinski definition) is 0. The first-order chi connectivity index (χ1) is 6.48. The van der Waals surface area contributed by atoms with E-state index in [1.54, 1.807) is 6.33 Å². The molecule has 2 aromatic rings. The quantitative estimate of drug-likeness (QED) is 0.642. The highest BCUT2D eigenvalue weighted by atomic mass is 32.1. The largest absolute Gasteiger partial charge is 0.240 e. The molecular formula is C10H12N2S. The van der Waals surface area contributed by atoms with Gasteiger partial charge in [0.1, 0.15) is 11.2 Å². The van der Waals surface area contributed by atoms with Crippen LogP contribution in [-0.4, -0.2) is 9.97 Å². The molecule has 0 saturated carbocycles. The first-order valence-electron chi connectivity index (χ1n) is 4.70. The second-order valence-electron chi connectivity index (χ2n) is 4.06. The van der Waals surface area contributed by atoms with Crippen molar-refractivity contribution in [1.82, 2.24) is 9.97 Å². The number of hydrogen-bond acceptors (Lipinski definition) is 3. The van der Waals surface area contributed by atoms with Gasteiger partial charge in [-0.25, -0.2) is 9.97 Å². The third kappa shape index (κ3) is 1.44. The topological polar surface area (TPSA) is 25.8 Å². The zero-order valence-electron chi connectivity index (χ0n) is 8.96. The lowest BCUT2D eigenvalue weighted by molar-refractivity contribution is 0.574. The van der Waals surface area contributed by atoms with Gasteiger partial charge in [0.15, 0.2) is 0 Å². The molecule has 68 valence electrons. The van der Waals surface area contributed by atoms with E-state index in [1.165, 1.54) is 11.3 Å². The summed E-state index contributed by atoms with van der Waals surface area (Å²) >= 11 is 1.40. The van der Waals surface area contributed by atoms with Crippen molar-refractivity contribution in [2.24, 2.45) is 0 Å². The molecule has 2 nitrogen and oxygen atoms in total. The molecule has 0 aliphatic carbocycles. The predicted octanol–water partition coefficient (Wildman–Crippen LogP) is 2.99. The molecule has 2 heterocycles. The molecule has 0 bridgehead atoms. The Bertz CT molecular complexity index is 470. The Balaban J connectivity index is 2.77. The summed E-state index contributed by atoms with van der Waals surface area (Å²) in [4.78, 5) is 9.38. The van der Waals surface area contributed by atoms with Crippen molar-refractivity contribution >= 4 is 21.6 Å². The molecule has 0 unspecified atom stereocenters. The zero-order valence-corrected chi connectivity index (χ0v) is 8.77. The van der Waals surface area contributed by atoms with E-state index >= 15 is 0 Å². The zero-order chi connectivity index (χ0) is 10.3. The summed E-state index contributed by atoms with van der Waals surface area (Å²) in [6, 6.07) is 1.85. The molecule has 0 aromatic carbocycles. The van der Waals surface area contributed by atoms with Gasteiger partial charge in [-0.2, -0.15) is 0 Å². The molecule has 0 aliphatic rings. The molecule has 0 spiro atoms. The summed E-state index contributed by atoms with van der Waals surface area (Å²) in [7, 11) is 0. The average molecular weight is 193 g/mol. The highest BCUT2D eigenvalue weighted by Crippen LogP contribution is 2.28. The number of thiophene rings is 1. The van der Waals surface area contributed by atoms with Gasteiger partial charge in [0.05, 0.1) is 7.06 Å². The Morgan fingerprint density at radius 1 is 1.38 bits per heavy atom. The molecule has 2 rings (SSSR count). The standard InChI is InChI=1S/C10H12N2S/c1-10(2,3)8-7-4-5-13-9(7)12-6-11-8/h4-6H,1-3H3/i5D. The lowest BCUT2D eigenvalue weighted by Crippen LogP contribution is -2.13. The van der Waals surface area contributed by atoms with E-state index in [4.69, 9.17) is 1.37 Å². The van der Waals surface area contributed by atoms with E-state index in [2.05, 4.69) is 30.7 Å². The van der Waals surface area contributed by atoms with Crippen LogP contribution in [0.1, 0.15) is 27.8 Å². The van der Waals surface area contributed by atoms with Crippen LogP contribution in [-0.2, 0) is 5.41 Å². The molecule has 2 aromatic heterocycles. The minimum Gasteiger partial charge on any atom is -0.240 e. The molecule has 13 heavy (non-hydrogen) atoms. The SMILES string of the molecule is [2H]c1cc2c(C(C)(C)C)ncnc2s1. The Kier molecular flexibility index (Phi) is 1.59. The van der Waals surface area contributed by atoms with Crippen LogP contribution in [0.4, 0.5) is 0 Å². The molecule has 0 radical (unpaired) electrons. The second-order valence-corrected chi connectivity index (χ2v) is 4.88. The summed E-state index contributed by atoms with van der Waals surface area (Å²) in [5.74, 6) is 0. The third-order valence-electron chi connectivity index (χ3n) is 1.92. The van der Waals surface area contributed by atoms with Gasteiger partial charge in [-0.05, 0) is 11.4 Å². The summed E-state index contributed by atoms with van der Waals surface area (Å²) in [6.45, 7) is 6.36. The van der Waals surface area contributed by atoms with Crippen LogP contribution < -0.4 is 0 Å². The molecule has 0 atom stereocenters. The van der Waals surface area contributed by atoms with E-state index in [0.717, 1.165) is 15.9 Å². The first-order valence-corrected chi connectivity index (χ1v) is 5.02. The molecule has 0 N–H and O–H groups in total. The number of fused-ring (bicyclic) bond motifs is 1. The van der Waals surface area contributed by atoms with Crippen LogP contribution in [0.5, 0.6) is 0 Å². The molecule has 0 fully saturated rings. The minimum atomic E-state index is 0.00863. The van der Waals surface area contributed by atoms with Crippen molar-refractivity contribution in [3.63, 3.8) is 0 Å². The number of aromatic nitrogens is 2. The molecular weight excluding hydrogens is 180 g/mol. The molecule has 3 heteroatoms. The van der Waals surface area contributed by atoms with Crippen molar-refractivity contribution in [2.75, 3.05) is 0 Å². The molecule has 0 saturated heterocycles. The minimum absolute atomic E-state index is 0.00863. The van der Waals surface area contributed by atoms with E-state index in [9.17, 15) is 0 Å². The Labute approximate surface area is 83.1 Å². The summed E-state index contributed by atoms with van der Waals surface area (Å²) in [6.07, 6.45) is 1.58. The Morgan fingerprint density at radius 3 is 2.85 bits per heavy atom. The number of rotatable bonds is 0. The van der Waals surface area contributed by atoms with Crippen molar-refractivity contribution in [3.8, 4) is 0 Å². The van der Waals surface area contributed by atoms with Crippen LogP contribution >= 0.6 is 11.3 Å². The fourth-order valence-electron chi connectivity index (χ4n) is 1.33. The first kappa shape index (κ1) is 7.44. The lowest BCUT2D eigenvalue weighted by Gasteiger charge is -2.17. The van der Waals surface area contributed by atoms with Gasteiger partial charge in [0, 0.05) is 10.8 Å². The van der Waals surface area contributed by atoms with Crippen molar-refractivity contribution in [3.05, 3.63) is 23.4 Å².